The molecule has 1 fully saturated rings. The highest BCUT2D eigenvalue weighted by Gasteiger charge is 2.41. The van der Waals surface area contributed by atoms with E-state index in [1.165, 1.54) is 23.1 Å². The number of hydrogen-bond acceptors (Lipinski definition) is 2. The lowest BCUT2D eigenvalue weighted by Crippen LogP contribution is -2.63. The van der Waals surface area contributed by atoms with Crippen molar-refractivity contribution in [2.75, 3.05) is 13.1 Å². The molecule has 102 valence electrons. The van der Waals surface area contributed by atoms with E-state index < -0.39 is 11.4 Å². The SMILES string of the molecule is CC1(C)C(=O)NCCN1C(=O)c1cccc(F)c1Br. The molecular weight excluding hydrogens is 315 g/mol. The molecule has 1 aromatic rings. The topological polar surface area (TPSA) is 49.4 Å². The minimum absolute atomic E-state index is 0.127. The number of piperazine rings is 1. The van der Waals surface area contributed by atoms with Crippen molar-refractivity contribution in [2.24, 2.45) is 0 Å². The monoisotopic (exact) mass is 328 g/mol. The molecule has 6 heteroatoms. The van der Waals surface area contributed by atoms with E-state index in [0.717, 1.165) is 0 Å². The number of hydrogen-bond donors (Lipinski definition) is 1. The van der Waals surface area contributed by atoms with Gasteiger partial charge in [-0.05, 0) is 41.9 Å². The van der Waals surface area contributed by atoms with Gasteiger partial charge in [0.25, 0.3) is 5.91 Å². The summed E-state index contributed by atoms with van der Waals surface area (Å²) in [6.07, 6.45) is 0. The zero-order valence-electron chi connectivity index (χ0n) is 10.7. The average molecular weight is 329 g/mol. The Kier molecular flexibility index (Phi) is 3.62. The number of nitrogens with zero attached hydrogens (tertiary/aromatic N) is 1. The molecule has 0 unspecified atom stereocenters. The molecule has 1 aromatic carbocycles. The number of benzene rings is 1. The number of halogens is 2. The molecule has 1 heterocycles. The molecule has 0 atom stereocenters. The van der Waals surface area contributed by atoms with Crippen LogP contribution < -0.4 is 5.32 Å². The minimum atomic E-state index is -0.943. The van der Waals surface area contributed by atoms with Crippen LogP contribution in [0, 0.1) is 5.82 Å². The predicted molar refractivity (Wildman–Crippen MR) is 72.2 cm³/mol. The highest BCUT2D eigenvalue weighted by atomic mass is 79.9. The average Bonchev–Trinajstić information content (AvgIpc) is 2.35. The summed E-state index contributed by atoms with van der Waals surface area (Å²) in [6, 6.07) is 4.29. The van der Waals surface area contributed by atoms with Crippen LogP contribution in [0.25, 0.3) is 0 Å². The molecule has 1 aliphatic heterocycles. The van der Waals surface area contributed by atoms with Gasteiger partial charge in [0.15, 0.2) is 0 Å². The van der Waals surface area contributed by atoms with Crippen LogP contribution in [-0.2, 0) is 4.79 Å². The first-order valence-electron chi connectivity index (χ1n) is 5.90. The van der Waals surface area contributed by atoms with Crippen molar-refractivity contribution in [3.8, 4) is 0 Å². The summed E-state index contributed by atoms with van der Waals surface area (Å²) in [5.74, 6) is -1.06. The molecule has 2 amide bonds. The summed E-state index contributed by atoms with van der Waals surface area (Å²) in [5, 5.41) is 2.72. The van der Waals surface area contributed by atoms with Crippen molar-refractivity contribution in [1.29, 1.82) is 0 Å². The zero-order chi connectivity index (χ0) is 14.2. The van der Waals surface area contributed by atoms with E-state index in [1.54, 1.807) is 13.8 Å². The molecule has 0 radical (unpaired) electrons. The fourth-order valence-electron chi connectivity index (χ4n) is 2.07. The second-order valence-corrected chi connectivity index (χ2v) is 5.67. The van der Waals surface area contributed by atoms with Crippen LogP contribution in [0.15, 0.2) is 22.7 Å². The van der Waals surface area contributed by atoms with Crippen molar-refractivity contribution in [3.63, 3.8) is 0 Å². The standard InChI is InChI=1S/C13H14BrFN2O2/c1-13(2)12(19)16-6-7-17(13)11(18)8-4-3-5-9(15)10(8)14/h3-5H,6-7H2,1-2H3,(H,16,19). The van der Waals surface area contributed by atoms with Crippen molar-refractivity contribution in [2.45, 2.75) is 19.4 Å². The van der Waals surface area contributed by atoms with E-state index in [1.807, 2.05) is 0 Å². The van der Waals surface area contributed by atoms with Gasteiger partial charge in [-0.2, -0.15) is 0 Å². The lowest BCUT2D eigenvalue weighted by atomic mass is 9.97. The lowest BCUT2D eigenvalue weighted by Gasteiger charge is -2.41. The Bertz CT molecular complexity index is 545. The summed E-state index contributed by atoms with van der Waals surface area (Å²) in [6.45, 7) is 4.15. The van der Waals surface area contributed by atoms with Crippen LogP contribution in [0.2, 0.25) is 0 Å². The third kappa shape index (κ3) is 2.36. The summed E-state index contributed by atoms with van der Waals surface area (Å²) in [4.78, 5) is 25.8. The molecule has 1 aliphatic rings. The van der Waals surface area contributed by atoms with E-state index >= 15 is 0 Å². The van der Waals surface area contributed by atoms with Crippen LogP contribution in [0.3, 0.4) is 0 Å². The maximum Gasteiger partial charge on any atom is 0.256 e. The molecule has 0 aromatic heterocycles. The van der Waals surface area contributed by atoms with Gasteiger partial charge >= 0.3 is 0 Å². The van der Waals surface area contributed by atoms with E-state index in [2.05, 4.69) is 21.2 Å². The number of amides is 2. The first kappa shape index (κ1) is 14.0. The van der Waals surface area contributed by atoms with E-state index in [-0.39, 0.29) is 21.9 Å². The molecule has 0 bridgehead atoms. The van der Waals surface area contributed by atoms with Gasteiger partial charge < -0.3 is 10.2 Å². The van der Waals surface area contributed by atoms with Gasteiger partial charge in [0.1, 0.15) is 11.4 Å². The first-order chi connectivity index (χ1) is 8.85. The van der Waals surface area contributed by atoms with Crippen molar-refractivity contribution < 1.29 is 14.0 Å². The van der Waals surface area contributed by atoms with Gasteiger partial charge in [0.05, 0.1) is 10.0 Å². The minimum Gasteiger partial charge on any atom is -0.352 e. The van der Waals surface area contributed by atoms with Crippen LogP contribution in [0.1, 0.15) is 24.2 Å². The largest absolute Gasteiger partial charge is 0.352 e. The number of carbonyl (C=O) groups excluding carboxylic acids is 2. The maximum atomic E-state index is 13.5. The Morgan fingerprint density at radius 3 is 2.84 bits per heavy atom. The maximum absolute atomic E-state index is 13.5. The Balaban J connectivity index is 2.38. The number of nitrogens with one attached hydrogen (secondary N) is 1. The van der Waals surface area contributed by atoms with Crippen LogP contribution >= 0.6 is 15.9 Å². The van der Waals surface area contributed by atoms with E-state index in [4.69, 9.17) is 0 Å². The second-order valence-electron chi connectivity index (χ2n) is 4.87. The summed E-state index contributed by atoms with van der Waals surface area (Å²) < 4.78 is 13.6. The molecule has 0 aliphatic carbocycles. The molecule has 4 nitrogen and oxygen atoms in total. The van der Waals surface area contributed by atoms with Gasteiger partial charge in [-0.3, -0.25) is 9.59 Å². The van der Waals surface area contributed by atoms with Crippen molar-refractivity contribution >= 4 is 27.7 Å². The fourth-order valence-corrected chi connectivity index (χ4v) is 2.50. The van der Waals surface area contributed by atoms with Gasteiger partial charge in [-0.25, -0.2) is 4.39 Å². The Morgan fingerprint density at radius 2 is 2.16 bits per heavy atom. The van der Waals surface area contributed by atoms with Crippen LogP contribution in [0.4, 0.5) is 4.39 Å². The van der Waals surface area contributed by atoms with Gasteiger partial charge in [0, 0.05) is 13.1 Å². The predicted octanol–water partition coefficient (Wildman–Crippen LogP) is 1.94. The van der Waals surface area contributed by atoms with E-state index in [9.17, 15) is 14.0 Å². The van der Waals surface area contributed by atoms with Crippen molar-refractivity contribution in [3.05, 3.63) is 34.1 Å². The van der Waals surface area contributed by atoms with Gasteiger partial charge in [-0.15, -0.1) is 0 Å². The normalized spacial score (nSPS) is 18.1. The molecule has 0 spiro atoms. The third-order valence-electron chi connectivity index (χ3n) is 3.28. The Hall–Kier alpha value is -1.43. The fraction of sp³-hybridized carbons (Fsp3) is 0.385. The molecular formula is C13H14BrFN2O2. The van der Waals surface area contributed by atoms with Gasteiger partial charge in [0.2, 0.25) is 5.91 Å². The summed E-state index contributed by atoms with van der Waals surface area (Å²) in [7, 11) is 0. The molecule has 1 saturated heterocycles. The second kappa shape index (κ2) is 4.92. The number of rotatable bonds is 1. The molecule has 2 rings (SSSR count). The van der Waals surface area contributed by atoms with E-state index in [0.29, 0.717) is 13.1 Å². The van der Waals surface area contributed by atoms with Crippen LogP contribution in [0.5, 0.6) is 0 Å². The first-order valence-corrected chi connectivity index (χ1v) is 6.69. The lowest BCUT2D eigenvalue weighted by molar-refractivity contribution is -0.133. The van der Waals surface area contributed by atoms with Crippen molar-refractivity contribution in [1.82, 2.24) is 10.2 Å². The molecule has 1 N–H and O–H groups in total. The Labute approximate surface area is 119 Å². The summed E-state index contributed by atoms with van der Waals surface area (Å²) in [5.41, 5.74) is -0.719. The summed E-state index contributed by atoms with van der Waals surface area (Å²) >= 11 is 3.08. The smallest absolute Gasteiger partial charge is 0.256 e. The molecule has 19 heavy (non-hydrogen) atoms. The highest BCUT2D eigenvalue weighted by Crippen LogP contribution is 2.26. The Morgan fingerprint density at radius 1 is 1.47 bits per heavy atom. The third-order valence-corrected chi connectivity index (χ3v) is 4.08. The van der Waals surface area contributed by atoms with Crippen LogP contribution in [-0.4, -0.2) is 35.3 Å². The molecule has 0 saturated carbocycles. The highest BCUT2D eigenvalue weighted by molar-refractivity contribution is 9.10. The number of carbonyl (C=O) groups is 2. The zero-order valence-corrected chi connectivity index (χ0v) is 12.3. The quantitative estimate of drug-likeness (QED) is 0.856. The van der Waals surface area contributed by atoms with Gasteiger partial charge in [-0.1, -0.05) is 6.07 Å².